The molecule has 1 saturated carbocycles. The molecule has 0 amide bonds. The maximum Gasteiger partial charge on any atom is 0.207 e. The number of thiazole rings is 1. The zero-order valence-electron chi connectivity index (χ0n) is 10.5. The molecule has 0 radical (unpaired) electrons. The summed E-state index contributed by atoms with van der Waals surface area (Å²) in [6, 6.07) is 8.16. The lowest BCUT2D eigenvalue weighted by Gasteiger charge is -2.24. The molecule has 0 unspecified atom stereocenters. The van der Waals surface area contributed by atoms with Crippen LogP contribution < -0.4 is 15.8 Å². The molecule has 4 rings (SSSR count). The third-order valence-electron chi connectivity index (χ3n) is 3.78. The molecule has 1 aliphatic carbocycles. The van der Waals surface area contributed by atoms with Crippen molar-refractivity contribution < 1.29 is 0 Å². The van der Waals surface area contributed by atoms with Gasteiger partial charge in [-0.25, -0.2) is 15.4 Å². The van der Waals surface area contributed by atoms with Gasteiger partial charge in [-0.2, -0.15) is 0 Å². The summed E-state index contributed by atoms with van der Waals surface area (Å²) in [7, 11) is 0. The van der Waals surface area contributed by atoms with Gasteiger partial charge in [0.25, 0.3) is 0 Å². The number of nitrogens with one attached hydrogen (secondary N) is 2. The van der Waals surface area contributed by atoms with Crippen molar-refractivity contribution in [2.24, 2.45) is 5.92 Å². The van der Waals surface area contributed by atoms with E-state index in [1.165, 1.54) is 17.5 Å². The number of thiocarbonyl (C=S) groups is 1. The number of hydrazine groups is 1. The fourth-order valence-corrected chi connectivity index (χ4v) is 3.87. The van der Waals surface area contributed by atoms with Crippen molar-refractivity contribution in [3.05, 3.63) is 24.3 Å². The zero-order valence-corrected chi connectivity index (χ0v) is 12.1. The summed E-state index contributed by atoms with van der Waals surface area (Å²) in [4.78, 5) is 4.64. The molecule has 1 saturated heterocycles. The number of rotatable bonds is 2. The van der Waals surface area contributed by atoms with Crippen LogP contribution in [-0.2, 0) is 0 Å². The summed E-state index contributed by atoms with van der Waals surface area (Å²) in [5.74, 6) is 0.657. The maximum atomic E-state index is 5.44. The van der Waals surface area contributed by atoms with E-state index in [1.54, 1.807) is 11.3 Å². The first kappa shape index (κ1) is 11.6. The van der Waals surface area contributed by atoms with Gasteiger partial charge in [0.05, 0.1) is 10.2 Å². The summed E-state index contributed by atoms with van der Waals surface area (Å²) in [6.45, 7) is 2.17. The number of aromatic nitrogens is 1. The van der Waals surface area contributed by atoms with Gasteiger partial charge < -0.3 is 5.32 Å². The molecule has 0 spiro atoms. The van der Waals surface area contributed by atoms with E-state index in [-0.39, 0.29) is 5.66 Å². The Bertz CT molecular complexity index is 630. The first-order valence-corrected chi connectivity index (χ1v) is 7.64. The van der Waals surface area contributed by atoms with Gasteiger partial charge in [0, 0.05) is 0 Å². The number of fused-ring (bicyclic) bond motifs is 1. The van der Waals surface area contributed by atoms with Crippen LogP contribution in [0.2, 0.25) is 0 Å². The molecule has 2 heterocycles. The van der Waals surface area contributed by atoms with Crippen LogP contribution in [0.1, 0.15) is 19.8 Å². The van der Waals surface area contributed by atoms with Gasteiger partial charge in [-0.3, -0.25) is 0 Å². The van der Waals surface area contributed by atoms with Crippen LogP contribution in [0.25, 0.3) is 10.2 Å². The summed E-state index contributed by atoms with van der Waals surface area (Å²) < 4.78 is 1.18. The molecule has 6 heteroatoms. The Morgan fingerprint density at radius 3 is 2.95 bits per heavy atom. The Kier molecular flexibility index (Phi) is 2.36. The molecule has 98 valence electrons. The molecule has 2 fully saturated rings. The predicted molar refractivity (Wildman–Crippen MR) is 82.1 cm³/mol. The molecule has 2 aliphatic rings. The van der Waals surface area contributed by atoms with Gasteiger partial charge in [0.2, 0.25) is 5.13 Å². The molecule has 2 N–H and O–H groups in total. The van der Waals surface area contributed by atoms with Gasteiger partial charge in [-0.1, -0.05) is 23.5 Å². The van der Waals surface area contributed by atoms with Crippen LogP contribution in [0, 0.1) is 5.92 Å². The molecule has 1 aromatic carbocycles. The van der Waals surface area contributed by atoms with E-state index in [1.807, 2.05) is 23.2 Å². The lowest BCUT2D eigenvalue weighted by Crippen LogP contribution is -2.50. The molecular weight excluding hydrogens is 276 g/mol. The second-order valence-corrected chi connectivity index (χ2v) is 6.71. The number of hydrogen-bond acceptors (Lipinski definition) is 4. The largest absolute Gasteiger partial charge is 0.342 e. The second kappa shape index (κ2) is 3.88. The van der Waals surface area contributed by atoms with Gasteiger partial charge in [0.1, 0.15) is 5.66 Å². The van der Waals surface area contributed by atoms with E-state index in [2.05, 4.69) is 28.7 Å². The zero-order chi connectivity index (χ0) is 13.0. The van der Waals surface area contributed by atoms with Crippen molar-refractivity contribution in [1.82, 2.24) is 15.7 Å². The quantitative estimate of drug-likeness (QED) is 0.832. The average molecular weight is 290 g/mol. The van der Waals surface area contributed by atoms with Crippen molar-refractivity contribution in [1.29, 1.82) is 0 Å². The molecule has 1 aromatic heterocycles. The standard InChI is InChI=1S/C13H14N4S2/c1-13(8-6-7-8)15-11(18)17(16-13)12-14-9-4-2-3-5-10(9)19-12/h2-5,8,16H,6-7H2,1H3,(H,15,18)/t13-/m1/s1. The fourth-order valence-electron chi connectivity index (χ4n) is 2.53. The van der Waals surface area contributed by atoms with Crippen molar-refractivity contribution >= 4 is 44.0 Å². The topological polar surface area (TPSA) is 40.2 Å². The van der Waals surface area contributed by atoms with Gasteiger partial charge >= 0.3 is 0 Å². The highest BCUT2D eigenvalue weighted by molar-refractivity contribution is 7.80. The lowest BCUT2D eigenvalue weighted by atomic mass is 10.1. The summed E-state index contributed by atoms with van der Waals surface area (Å²) in [5.41, 5.74) is 4.39. The minimum Gasteiger partial charge on any atom is -0.342 e. The number of anilines is 1. The summed E-state index contributed by atoms with van der Waals surface area (Å²) in [6.07, 6.45) is 2.51. The number of nitrogens with zero attached hydrogens (tertiary/aromatic N) is 2. The van der Waals surface area contributed by atoms with E-state index in [0.29, 0.717) is 11.0 Å². The van der Waals surface area contributed by atoms with Crippen LogP contribution in [0.15, 0.2) is 24.3 Å². The number of hydrogen-bond donors (Lipinski definition) is 2. The fraction of sp³-hybridized carbons (Fsp3) is 0.385. The van der Waals surface area contributed by atoms with Gasteiger partial charge in [-0.15, -0.1) is 0 Å². The predicted octanol–water partition coefficient (Wildman–Crippen LogP) is 2.62. The van der Waals surface area contributed by atoms with Gasteiger partial charge in [-0.05, 0) is 50.0 Å². The van der Waals surface area contributed by atoms with Crippen LogP contribution in [-0.4, -0.2) is 15.8 Å². The average Bonchev–Trinajstić information content (AvgIpc) is 3.09. The highest BCUT2D eigenvalue weighted by Gasteiger charge is 2.48. The second-order valence-electron chi connectivity index (χ2n) is 5.32. The minimum atomic E-state index is -0.116. The molecule has 19 heavy (non-hydrogen) atoms. The highest BCUT2D eigenvalue weighted by Crippen LogP contribution is 2.41. The maximum absolute atomic E-state index is 5.44. The van der Waals surface area contributed by atoms with Crippen LogP contribution in [0.5, 0.6) is 0 Å². The molecule has 2 aromatic rings. The van der Waals surface area contributed by atoms with Crippen LogP contribution >= 0.6 is 23.6 Å². The Hall–Kier alpha value is -1.24. The number of benzene rings is 1. The van der Waals surface area contributed by atoms with Crippen molar-refractivity contribution in [3.63, 3.8) is 0 Å². The minimum absolute atomic E-state index is 0.116. The molecular formula is C13H14N4S2. The lowest BCUT2D eigenvalue weighted by molar-refractivity contribution is 0.325. The smallest absolute Gasteiger partial charge is 0.207 e. The highest BCUT2D eigenvalue weighted by atomic mass is 32.1. The van der Waals surface area contributed by atoms with E-state index in [9.17, 15) is 0 Å². The molecule has 1 atom stereocenters. The summed E-state index contributed by atoms with van der Waals surface area (Å²) in [5, 5.41) is 6.93. The third kappa shape index (κ3) is 1.82. The van der Waals surface area contributed by atoms with E-state index in [4.69, 9.17) is 12.2 Å². The normalized spacial score (nSPS) is 27.0. The van der Waals surface area contributed by atoms with Crippen molar-refractivity contribution in [2.75, 3.05) is 5.01 Å². The first-order chi connectivity index (χ1) is 9.16. The van der Waals surface area contributed by atoms with E-state index < -0.39 is 0 Å². The van der Waals surface area contributed by atoms with Crippen molar-refractivity contribution in [2.45, 2.75) is 25.4 Å². The van der Waals surface area contributed by atoms with Crippen molar-refractivity contribution in [3.8, 4) is 0 Å². The van der Waals surface area contributed by atoms with E-state index >= 15 is 0 Å². The SMILES string of the molecule is C[C@@]1(C2CC2)NC(=S)N(c2nc3ccccc3s2)N1. The first-order valence-electron chi connectivity index (χ1n) is 6.41. The van der Waals surface area contributed by atoms with E-state index in [0.717, 1.165) is 10.6 Å². The van der Waals surface area contributed by atoms with Crippen LogP contribution in [0.3, 0.4) is 0 Å². The Labute approximate surface area is 120 Å². The Morgan fingerprint density at radius 1 is 1.42 bits per heavy atom. The Balaban J connectivity index is 1.70. The van der Waals surface area contributed by atoms with Crippen LogP contribution in [0.4, 0.5) is 5.13 Å². The number of para-hydroxylation sites is 1. The molecule has 1 aliphatic heterocycles. The van der Waals surface area contributed by atoms with Gasteiger partial charge in [0.15, 0.2) is 5.11 Å². The summed E-state index contributed by atoms with van der Waals surface area (Å²) >= 11 is 7.10. The third-order valence-corrected chi connectivity index (χ3v) is 5.09. The Morgan fingerprint density at radius 2 is 2.21 bits per heavy atom. The molecule has 0 bridgehead atoms. The molecule has 4 nitrogen and oxygen atoms in total. The monoisotopic (exact) mass is 290 g/mol.